The summed E-state index contributed by atoms with van der Waals surface area (Å²) in [6.45, 7) is 0. The molecule has 4 atom stereocenters. The number of carboxylic acids is 1. The lowest BCUT2D eigenvalue weighted by atomic mass is 9.89. The molecule has 4 heterocycles. The largest absolute Gasteiger partial charge is 0.477 e. The minimum absolute atomic E-state index is 0.0968. The number of hydrogen-bond acceptors (Lipinski definition) is 11. The second-order valence-electron chi connectivity index (χ2n) is 6.42. The lowest BCUT2D eigenvalue weighted by molar-refractivity contribution is -0.213. The Morgan fingerprint density at radius 1 is 1.52 bits per heavy atom. The van der Waals surface area contributed by atoms with E-state index >= 15 is 0 Å². The fraction of sp³-hybridized carbons (Fsp3) is 0.467. The third-order valence-electron chi connectivity index (χ3n) is 4.86. The number of aliphatic carboxylic acids is 1. The molecule has 0 aromatic carbocycles. The highest BCUT2D eigenvalue weighted by Crippen LogP contribution is 2.49. The van der Waals surface area contributed by atoms with Crippen molar-refractivity contribution in [3.8, 4) is 0 Å². The van der Waals surface area contributed by atoms with E-state index in [1.165, 1.54) is 24.3 Å². The van der Waals surface area contributed by atoms with Crippen molar-refractivity contribution in [2.24, 2.45) is 5.16 Å². The van der Waals surface area contributed by atoms with Crippen molar-refractivity contribution in [2.75, 3.05) is 18.6 Å². The zero-order chi connectivity index (χ0) is 20.9. The number of carbonyl (C=O) groups excluding carboxylic acids is 3. The van der Waals surface area contributed by atoms with Crippen LogP contribution in [-0.4, -0.2) is 80.4 Å². The number of rotatable bonds is 5. The number of oxime groups is 1. The molecule has 0 saturated carbocycles. The van der Waals surface area contributed by atoms with Gasteiger partial charge in [-0.05, 0) is 0 Å². The minimum atomic E-state index is -2.05. The molecule has 0 spiro atoms. The fourth-order valence-electron chi connectivity index (χ4n) is 3.63. The third kappa shape index (κ3) is 2.81. The van der Waals surface area contributed by atoms with Crippen LogP contribution in [0.15, 0.2) is 10.5 Å². The molecular weight excluding hydrogens is 426 g/mol. The Bertz CT molecular complexity index is 949. The van der Waals surface area contributed by atoms with Gasteiger partial charge in [0, 0.05) is 11.1 Å². The summed E-state index contributed by atoms with van der Waals surface area (Å²) < 4.78 is 5.10. The molecule has 154 valence electrons. The highest BCUT2D eigenvalue weighted by atomic mass is 32.2. The van der Waals surface area contributed by atoms with Gasteiger partial charge in [-0.1, -0.05) is 5.16 Å². The van der Waals surface area contributed by atoms with Crippen LogP contribution in [0.5, 0.6) is 0 Å². The van der Waals surface area contributed by atoms with Crippen LogP contribution in [0.1, 0.15) is 12.1 Å². The number of amides is 2. The lowest BCUT2D eigenvalue weighted by Gasteiger charge is -2.56. The molecule has 3 aliphatic heterocycles. The Morgan fingerprint density at radius 2 is 2.28 bits per heavy atom. The molecule has 14 heteroatoms. The molecule has 12 nitrogen and oxygen atoms in total. The number of nitrogens with zero attached hydrogens (tertiary/aromatic N) is 3. The van der Waals surface area contributed by atoms with E-state index in [0.717, 1.165) is 16.2 Å². The highest BCUT2D eigenvalue weighted by molar-refractivity contribution is 8.00. The third-order valence-corrected chi connectivity index (χ3v) is 6.96. The van der Waals surface area contributed by atoms with Gasteiger partial charge in [-0.3, -0.25) is 19.3 Å². The maximum absolute atomic E-state index is 12.8. The Morgan fingerprint density at radius 3 is 2.90 bits per heavy atom. The molecule has 0 unspecified atom stereocenters. The van der Waals surface area contributed by atoms with Crippen molar-refractivity contribution in [3.63, 3.8) is 0 Å². The number of carbonyl (C=O) groups is 4. The topological polar surface area (TPSA) is 174 Å². The predicted octanol–water partition coefficient (Wildman–Crippen LogP) is -1.39. The van der Waals surface area contributed by atoms with Gasteiger partial charge >= 0.3 is 11.9 Å². The normalized spacial score (nSPS) is 30.7. The second-order valence-corrected chi connectivity index (χ2v) is 8.55. The van der Waals surface area contributed by atoms with Crippen LogP contribution in [0, 0.1) is 0 Å². The van der Waals surface area contributed by atoms with Crippen LogP contribution in [0.3, 0.4) is 0 Å². The van der Waals surface area contributed by atoms with Gasteiger partial charge < -0.3 is 25.7 Å². The van der Waals surface area contributed by atoms with E-state index in [-0.39, 0.29) is 23.0 Å². The minimum Gasteiger partial charge on any atom is -0.477 e. The molecule has 3 saturated heterocycles. The van der Waals surface area contributed by atoms with E-state index in [1.54, 1.807) is 0 Å². The number of ether oxygens (including phenoxy) is 1. The van der Waals surface area contributed by atoms with Gasteiger partial charge in [0.1, 0.15) is 18.8 Å². The molecule has 1 aromatic heterocycles. The standard InChI is InChI=1S/C15H15N5O7S2/c1-26-19-9(5-3-29-14(16)17-5)11(22)18-10-6-4-28-7-2-8(21)27-15(7,13(24)25)20(6)12(10)23/h3,6-7,10H,2,4H2,1H3,(H2,16,17)(H,18,22)(H,24,25)/t6-,7+,10+,15-/m1/s1. The summed E-state index contributed by atoms with van der Waals surface area (Å²) in [6.07, 6.45) is -0.0968. The van der Waals surface area contributed by atoms with E-state index < -0.39 is 46.8 Å². The summed E-state index contributed by atoms with van der Waals surface area (Å²) in [6, 6.07) is -1.65. The summed E-state index contributed by atoms with van der Waals surface area (Å²) >= 11 is 2.33. The Hall–Kier alpha value is -2.87. The first-order valence-corrected chi connectivity index (χ1v) is 10.3. The summed E-state index contributed by atoms with van der Waals surface area (Å²) in [7, 11) is 1.25. The Kier molecular flexibility index (Phi) is 4.61. The van der Waals surface area contributed by atoms with Gasteiger partial charge in [0.25, 0.3) is 17.5 Å². The number of nitrogens with one attached hydrogen (secondary N) is 1. The van der Waals surface area contributed by atoms with Gasteiger partial charge in [0.15, 0.2) is 10.8 Å². The molecule has 3 aliphatic rings. The summed E-state index contributed by atoms with van der Waals surface area (Å²) in [5.41, 5.74) is 3.55. The summed E-state index contributed by atoms with van der Waals surface area (Å²) in [5.74, 6) is -3.13. The second kappa shape index (κ2) is 6.88. The molecule has 29 heavy (non-hydrogen) atoms. The number of nitrogens with two attached hydrogens (primary N) is 1. The van der Waals surface area contributed by atoms with Gasteiger partial charge in [-0.25, -0.2) is 9.78 Å². The molecule has 0 bridgehead atoms. The maximum Gasteiger partial charge on any atom is 0.371 e. The molecule has 4 N–H and O–H groups in total. The van der Waals surface area contributed by atoms with Crippen LogP contribution in [0.25, 0.3) is 0 Å². The van der Waals surface area contributed by atoms with E-state index in [0.29, 0.717) is 5.75 Å². The monoisotopic (exact) mass is 441 g/mol. The number of carboxylic acid groups (broad SMARTS) is 1. The highest BCUT2D eigenvalue weighted by Gasteiger charge is 2.71. The number of aromatic nitrogens is 1. The molecule has 2 amide bonds. The molecule has 0 aliphatic carbocycles. The predicted molar refractivity (Wildman–Crippen MR) is 100.0 cm³/mol. The van der Waals surface area contributed by atoms with E-state index in [2.05, 4.69) is 20.3 Å². The maximum atomic E-state index is 12.8. The first-order valence-electron chi connectivity index (χ1n) is 8.33. The SMILES string of the molecule is CON=C(C(=O)N[C@@H]1C(=O)N2[C@@H]1CS[C@H]1CC(=O)O[C@@]12C(=O)O)c1csc(N)n1. The number of fused-ring (bicyclic) bond motifs is 3. The van der Waals surface area contributed by atoms with Crippen LogP contribution >= 0.6 is 23.1 Å². The fourth-order valence-corrected chi connectivity index (χ4v) is 5.69. The van der Waals surface area contributed by atoms with E-state index in [4.69, 9.17) is 10.5 Å². The van der Waals surface area contributed by atoms with Crippen molar-refractivity contribution >= 4 is 57.7 Å². The van der Waals surface area contributed by atoms with Crippen LogP contribution < -0.4 is 11.1 Å². The number of nitrogen functional groups attached to an aromatic ring is 1. The van der Waals surface area contributed by atoms with Gasteiger partial charge in [0.05, 0.1) is 17.7 Å². The van der Waals surface area contributed by atoms with Gasteiger partial charge in [-0.2, -0.15) is 0 Å². The van der Waals surface area contributed by atoms with Crippen molar-refractivity contribution in [2.45, 2.75) is 29.5 Å². The Balaban J connectivity index is 1.56. The van der Waals surface area contributed by atoms with Crippen LogP contribution in [0.4, 0.5) is 5.13 Å². The number of anilines is 1. The first-order chi connectivity index (χ1) is 13.8. The Labute approximate surface area is 171 Å². The number of hydrogen-bond donors (Lipinski definition) is 3. The quantitative estimate of drug-likeness (QED) is 0.214. The van der Waals surface area contributed by atoms with Crippen molar-refractivity contribution in [1.82, 2.24) is 15.2 Å². The average molecular weight is 441 g/mol. The van der Waals surface area contributed by atoms with E-state index in [1.807, 2.05) is 0 Å². The zero-order valence-corrected chi connectivity index (χ0v) is 16.5. The van der Waals surface area contributed by atoms with Gasteiger partial charge in [-0.15, -0.1) is 23.1 Å². The van der Waals surface area contributed by atoms with Crippen LogP contribution in [-0.2, 0) is 28.8 Å². The van der Waals surface area contributed by atoms with Gasteiger partial charge in [0.2, 0.25) is 0 Å². The molecule has 4 rings (SSSR count). The summed E-state index contributed by atoms with van der Waals surface area (Å²) in [5, 5.41) is 16.9. The average Bonchev–Trinajstić information content (AvgIpc) is 3.25. The zero-order valence-electron chi connectivity index (χ0n) is 14.9. The number of thiazole rings is 1. The number of esters is 1. The van der Waals surface area contributed by atoms with Crippen molar-refractivity contribution < 1.29 is 33.9 Å². The van der Waals surface area contributed by atoms with E-state index in [9.17, 15) is 24.3 Å². The van der Waals surface area contributed by atoms with Crippen LogP contribution in [0.2, 0.25) is 0 Å². The lowest BCUT2D eigenvalue weighted by Crippen LogP contribution is -2.82. The van der Waals surface area contributed by atoms with Crippen molar-refractivity contribution in [1.29, 1.82) is 0 Å². The summed E-state index contributed by atoms with van der Waals surface area (Å²) in [4.78, 5) is 58.8. The molecule has 0 radical (unpaired) electrons. The number of β-lactam (4-membered cyclic amide) rings is 1. The number of thioether (sulfide) groups is 1. The smallest absolute Gasteiger partial charge is 0.371 e. The molecule has 3 fully saturated rings. The molecular formula is C15H15N5O7S2. The first kappa shape index (κ1) is 19.4. The molecule has 1 aromatic rings. The van der Waals surface area contributed by atoms with Crippen molar-refractivity contribution in [3.05, 3.63) is 11.1 Å².